The average Bonchev–Trinajstić information content (AvgIpc) is 2.90. The van der Waals surface area contributed by atoms with Gasteiger partial charge in [0, 0.05) is 19.7 Å². The van der Waals surface area contributed by atoms with Crippen LogP contribution in [0.5, 0.6) is 0 Å². The second-order valence-corrected chi connectivity index (χ2v) is 4.03. The number of amides is 1. The fourth-order valence-electron chi connectivity index (χ4n) is 1.60. The quantitative estimate of drug-likeness (QED) is 0.771. The number of rotatable bonds is 4. The van der Waals surface area contributed by atoms with Crippen molar-refractivity contribution in [1.29, 1.82) is 0 Å². The summed E-state index contributed by atoms with van der Waals surface area (Å²) in [7, 11) is 1.78. The molecular weight excluding hydrogens is 226 g/mol. The summed E-state index contributed by atoms with van der Waals surface area (Å²) >= 11 is 0. The van der Waals surface area contributed by atoms with Crippen LogP contribution in [0, 0.1) is 0 Å². The molecule has 3 nitrogen and oxygen atoms in total. The molecule has 0 N–H and O–H groups in total. The van der Waals surface area contributed by atoms with Crippen LogP contribution in [0.3, 0.4) is 0 Å². The summed E-state index contributed by atoms with van der Waals surface area (Å²) in [6, 6.07) is 13.5. The molecule has 1 aromatic carbocycles. The fraction of sp³-hybridized carbons (Fsp3) is 0.133. The Kier molecular flexibility index (Phi) is 3.97. The molecule has 18 heavy (non-hydrogen) atoms. The van der Waals surface area contributed by atoms with E-state index in [4.69, 9.17) is 4.42 Å². The highest BCUT2D eigenvalue weighted by Crippen LogP contribution is 2.05. The Bertz CT molecular complexity index is 515. The molecule has 0 aliphatic heterocycles. The van der Waals surface area contributed by atoms with Gasteiger partial charge in [0.05, 0.1) is 6.26 Å². The zero-order valence-corrected chi connectivity index (χ0v) is 10.2. The zero-order valence-electron chi connectivity index (χ0n) is 10.2. The third kappa shape index (κ3) is 3.35. The molecule has 0 unspecified atom stereocenters. The lowest BCUT2D eigenvalue weighted by Gasteiger charge is -2.14. The van der Waals surface area contributed by atoms with Gasteiger partial charge in [-0.3, -0.25) is 4.79 Å². The van der Waals surface area contributed by atoms with Gasteiger partial charge in [0.2, 0.25) is 5.91 Å². The lowest BCUT2D eigenvalue weighted by molar-refractivity contribution is -0.125. The molecule has 0 fully saturated rings. The van der Waals surface area contributed by atoms with Crippen molar-refractivity contribution in [3.05, 3.63) is 66.1 Å². The summed E-state index contributed by atoms with van der Waals surface area (Å²) in [5, 5.41) is 0. The standard InChI is InChI=1S/C15H15NO2/c1-16(12-13-6-3-2-4-7-13)15(17)10-9-14-8-5-11-18-14/h2-11H,12H2,1H3/b10-9+. The van der Waals surface area contributed by atoms with E-state index in [9.17, 15) is 4.79 Å². The predicted molar refractivity (Wildman–Crippen MR) is 70.7 cm³/mol. The van der Waals surface area contributed by atoms with Crippen molar-refractivity contribution >= 4 is 12.0 Å². The van der Waals surface area contributed by atoms with Crippen LogP contribution >= 0.6 is 0 Å². The molecule has 0 saturated carbocycles. The number of hydrogen-bond donors (Lipinski definition) is 0. The first-order chi connectivity index (χ1) is 8.75. The van der Waals surface area contributed by atoms with Gasteiger partial charge in [-0.25, -0.2) is 0 Å². The van der Waals surface area contributed by atoms with E-state index in [1.165, 1.54) is 6.08 Å². The summed E-state index contributed by atoms with van der Waals surface area (Å²) in [5.41, 5.74) is 1.11. The van der Waals surface area contributed by atoms with E-state index in [1.54, 1.807) is 36.4 Å². The normalized spacial score (nSPS) is 10.7. The van der Waals surface area contributed by atoms with Crippen molar-refractivity contribution in [3.8, 4) is 0 Å². The largest absolute Gasteiger partial charge is 0.465 e. The Balaban J connectivity index is 1.93. The summed E-state index contributed by atoms with van der Waals surface area (Å²) in [6.07, 6.45) is 4.77. The average molecular weight is 241 g/mol. The molecule has 3 heteroatoms. The third-order valence-electron chi connectivity index (χ3n) is 2.57. The highest BCUT2D eigenvalue weighted by atomic mass is 16.3. The van der Waals surface area contributed by atoms with E-state index in [0.29, 0.717) is 12.3 Å². The van der Waals surface area contributed by atoms with E-state index in [2.05, 4.69) is 0 Å². The van der Waals surface area contributed by atoms with Gasteiger partial charge in [-0.15, -0.1) is 0 Å². The second-order valence-electron chi connectivity index (χ2n) is 4.03. The zero-order chi connectivity index (χ0) is 12.8. The molecule has 0 atom stereocenters. The third-order valence-corrected chi connectivity index (χ3v) is 2.57. The molecule has 0 aliphatic carbocycles. The number of nitrogens with zero attached hydrogens (tertiary/aromatic N) is 1. The van der Waals surface area contributed by atoms with Gasteiger partial charge >= 0.3 is 0 Å². The predicted octanol–water partition coefficient (Wildman–Crippen LogP) is 2.95. The van der Waals surface area contributed by atoms with Gasteiger partial charge in [-0.2, -0.15) is 0 Å². The maximum Gasteiger partial charge on any atom is 0.246 e. The van der Waals surface area contributed by atoms with Crippen LogP contribution in [0.15, 0.2) is 59.2 Å². The molecule has 0 radical (unpaired) electrons. The topological polar surface area (TPSA) is 33.5 Å². The molecule has 92 valence electrons. The van der Waals surface area contributed by atoms with E-state index in [1.807, 2.05) is 30.3 Å². The van der Waals surface area contributed by atoms with Crippen LogP contribution in [0.25, 0.3) is 6.08 Å². The minimum atomic E-state index is -0.0461. The Labute approximate surface area is 106 Å². The lowest BCUT2D eigenvalue weighted by Crippen LogP contribution is -2.23. The Hall–Kier alpha value is -2.29. The minimum Gasteiger partial charge on any atom is -0.465 e. The van der Waals surface area contributed by atoms with Crippen molar-refractivity contribution in [2.75, 3.05) is 7.05 Å². The number of hydrogen-bond acceptors (Lipinski definition) is 2. The Morgan fingerprint density at radius 2 is 2.00 bits per heavy atom. The van der Waals surface area contributed by atoms with Crippen molar-refractivity contribution in [2.45, 2.75) is 6.54 Å². The van der Waals surface area contributed by atoms with Crippen LogP contribution in [0.2, 0.25) is 0 Å². The monoisotopic (exact) mass is 241 g/mol. The van der Waals surface area contributed by atoms with Crippen LogP contribution in [-0.2, 0) is 11.3 Å². The van der Waals surface area contributed by atoms with Crippen LogP contribution in [-0.4, -0.2) is 17.9 Å². The first kappa shape index (κ1) is 12.2. The minimum absolute atomic E-state index is 0.0461. The molecule has 2 rings (SSSR count). The van der Waals surface area contributed by atoms with E-state index in [0.717, 1.165) is 5.56 Å². The van der Waals surface area contributed by atoms with Crippen molar-refractivity contribution in [3.63, 3.8) is 0 Å². The van der Waals surface area contributed by atoms with E-state index in [-0.39, 0.29) is 5.91 Å². The van der Waals surface area contributed by atoms with Gasteiger partial charge < -0.3 is 9.32 Å². The molecule has 2 aromatic rings. The molecule has 0 saturated heterocycles. The van der Waals surface area contributed by atoms with Gasteiger partial charge in [0.1, 0.15) is 5.76 Å². The van der Waals surface area contributed by atoms with Gasteiger partial charge in [0.25, 0.3) is 0 Å². The molecule has 1 heterocycles. The van der Waals surface area contributed by atoms with Crippen molar-refractivity contribution < 1.29 is 9.21 Å². The molecule has 1 aromatic heterocycles. The first-order valence-electron chi connectivity index (χ1n) is 5.76. The summed E-state index contributed by atoms with van der Waals surface area (Å²) in [6.45, 7) is 0.599. The van der Waals surface area contributed by atoms with Crippen molar-refractivity contribution in [2.24, 2.45) is 0 Å². The van der Waals surface area contributed by atoms with Crippen LogP contribution in [0.1, 0.15) is 11.3 Å². The lowest BCUT2D eigenvalue weighted by atomic mass is 10.2. The van der Waals surface area contributed by atoms with Gasteiger partial charge in [-0.05, 0) is 23.8 Å². The fourth-order valence-corrected chi connectivity index (χ4v) is 1.60. The summed E-state index contributed by atoms with van der Waals surface area (Å²) in [5.74, 6) is 0.631. The molecule has 0 aliphatic rings. The smallest absolute Gasteiger partial charge is 0.246 e. The van der Waals surface area contributed by atoms with Crippen LogP contribution in [0.4, 0.5) is 0 Å². The number of likely N-dealkylation sites (N-methyl/N-ethyl adjacent to an activating group) is 1. The van der Waals surface area contributed by atoms with E-state index < -0.39 is 0 Å². The maximum atomic E-state index is 11.8. The highest BCUT2D eigenvalue weighted by Gasteiger charge is 2.05. The van der Waals surface area contributed by atoms with E-state index >= 15 is 0 Å². The SMILES string of the molecule is CN(Cc1ccccc1)C(=O)/C=C/c1ccco1. The number of carbonyl (C=O) groups is 1. The van der Waals surface area contributed by atoms with Gasteiger partial charge in [0.15, 0.2) is 0 Å². The van der Waals surface area contributed by atoms with Crippen LogP contribution < -0.4 is 0 Å². The number of furan rings is 1. The molecule has 0 spiro atoms. The summed E-state index contributed by atoms with van der Waals surface area (Å²) < 4.78 is 5.12. The maximum absolute atomic E-state index is 11.8. The Morgan fingerprint density at radius 3 is 2.67 bits per heavy atom. The molecule has 1 amide bonds. The first-order valence-corrected chi connectivity index (χ1v) is 5.76. The highest BCUT2D eigenvalue weighted by molar-refractivity contribution is 5.91. The van der Waals surface area contributed by atoms with Gasteiger partial charge in [-0.1, -0.05) is 30.3 Å². The molecular formula is C15H15NO2. The number of carbonyl (C=O) groups excluding carboxylic acids is 1. The van der Waals surface area contributed by atoms with Crippen molar-refractivity contribution in [1.82, 2.24) is 4.90 Å². The Morgan fingerprint density at radius 1 is 1.22 bits per heavy atom. The summed E-state index contributed by atoms with van der Waals surface area (Å²) in [4.78, 5) is 13.5. The second kappa shape index (κ2) is 5.87. The molecule has 0 bridgehead atoms. The number of benzene rings is 1.